The number of amides is 2. The van der Waals surface area contributed by atoms with Crippen molar-refractivity contribution in [1.82, 2.24) is 25.1 Å². The Balaban J connectivity index is 0.00000529. The van der Waals surface area contributed by atoms with Crippen LogP contribution in [0.15, 0.2) is 0 Å². The molecule has 4 N–H and O–H groups in total. The van der Waals surface area contributed by atoms with Crippen molar-refractivity contribution in [3.05, 3.63) is 0 Å². The molecule has 0 atom stereocenters. The van der Waals surface area contributed by atoms with Crippen LogP contribution in [0.25, 0.3) is 0 Å². The summed E-state index contributed by atoms with van der Waals surface area (Å²) in [6.07, 6.45) is 5.86. The van der Waals surface area contributed by atoms with Crippen LogP contribution in [-0.2, 0) is 33.6 Å². The number of carbonyl (C=O) groups is 6. The van der Waals surface area contributed by atoms with Gasteiger partial charge in [0, 0.05) is 72.7 Å². The van der Waals surface area contributed by atoms with E-state index in [1.807, 2.05) is 0 Å². The van der Waals surface area contributed by atoms with Crippen LogP contribution in [-0.4, -0.2) is 143 Å². The number of carboxylic acid groups (broad SMARTS) is 3. The largest absolute Gasteiger partial charge is 0.480 e. The van der Waals surface area contributed by atoms with E-state index in [-0.39, 0.29) is 98.7 Å². The van der Waals surface area contributed by atoms with Gasteiger partial charge in [-0.05, 0) is 62.7 Å². The molecule has 5 fully saturated rings. The Morgan fingerprint density at radius 2 is 1.18 bits per heavy atom. The third-order valence-corrected chi connectivity index (χ3v) is 9.07. The Labute approximate surface area is 288 Å². The summed E-state index contributed by atoms with van der Waals surface area (Å²) in [6, 6.07) is 0. The normalized spacial score (nSPS) is 29.5. The molecule has 1 aliphatic heterocycles. The molecule has 2 amide bonds. The predicted octanol–water partition coefficient (Wildman–Crippen LogP) is -0.831. The standard InChI is InChI=1S/C28H43N5O10.Gd/c34-22-14-31(17-25(38)39)6-4-30(16-24(36)37)5-7-32(18-26(40)41)15-23(35)33(3-1-2-29-22)43-27(42)28-11-19-8-20(12-28)10-21(9-19)13-28;/h19-21H,1-18H2,(H,29,34)(H,36,37)(H,38,39)(H,40,41);. The molecule has 4 bridgehead atoms. The maximum atomic E-state index is 13.6. The molecule has 0 radical (unpaired) electrons. The van der Waals surface area contributed by atoms with E-state index in [0.717, 1.165) is 43.6 Å². The number of hydrogen-bond donors (Lipinski definition) is 4. The van der Waals surface area contributed by atoms with Gasteiger partial charge in [0.05, 0.1) is 44.7 Å². The zero-order valence-corrected chi connectivity index (χ0v) is 27.1. The van der Waals surface area contributed by atoms with Crippen molar-refractivity contribution in [1.29, 1.82) is 0 Å². The van der Waals surface area contributed by atoms with Gasteiger partial charge in [-0.15, -0.1) is 0 Å². The van der Waals surface area contributed by atoms with Crippen molar-refractivity contribution in [2.45, 2.75) is 44.9 Å². The van der Waals surface area contributed by atoms with Crippen LogP contribution in [0.3, 0.4) is 0 Å². The third-order valence-electron chi connectivity index (χ3n) is 9.07. The molecule has 5 rings (SSSR count). The second kappa shape index (κ2) is 16.5. The van der Waals surface area contributed by atoms with Gasteiger partial charge < -0.3 is 25.5 Å². The van der Waals surface area contributed by atoms with Gasteiger partial charge in [0.2, 0.25) is 5.91 Å². The summed E-state index contributed by atoms with van der Waals surface area (Å²) in [5.41, 5.74) is -0.621. The van der Waals surface area contributed by atoms with E-state index in [1.54, 1.807) is 0 Å². The Kier molecular flexibility index (Phi) is 13.7. The number of carboxylic acids is 3. The first-order valence-electron chi connectivity index (χ1n) is 15.0. The minimum absolute atomic E-state index is 0. The molecular weight excluding hydrogens is 724 g/mol. The van der Waals surface area contributed by atoms with Gasteiger partial charge in [-0.2, -0.15) is 5.06 Å². The van der Waals surface area contributed by atoms with Crippen molar-refractivity contribution >= 4 is 35.7 Å². The second-order valence-electron chi connectivity index (χ2n) is 12.7. The van der Waals surface area contributed by atoms with Gasteiger partial charge in [0.15, 0.2) is 0 Å². The van der Waals surface area contributed by atoms with Crippen molar-refractivity contribution < 1.29 is 88.9 Å². The van der Waals surface area contributed by atoms with Crippen LogP contribution >= 0.6 is 0 Å². The molecule has 44 heavy (non-hydrogen) atoms. The van der Waals surface area contributed by atoms with Crippen LogP contribution in [0.4, 0.5) is 0 Å². The van der Waals surface area contributed by atoms with Gasteiger partial charge in [-0.1, -0.05) is 0 Å². The zero-order valence-electron chi connectivity index (χ0n) is 24.8. The van der Waals surface area contributed by atoms with E-state index < -0.39 is 60.7 Å². The molecule has 0 aromatic heterocycles. The fourth-order valence-corrected chi connectivity index (χ4v) is 7.60. The van der Waals surface area contributed by atoms with Gasteiger partial charge in [-0.3, -0.25) is 38.7 Å². The third kappa shape index (κ3) is 10.5. The molecule has 5 aliphatic rings. The molecule has 0 spiro atoms. The fraction of sp³-hybridized carbons (Fsp3) is 0.786. The van der Waals surface area contributed by atoms with Crippen LogP contribution in [0.1, 0.15) is 44.9 Å². The first-order chi connectivity index (χ1) is 20.4. The first-order valence-corrected chi connectivity index (χ1v) is 15.0. The molecule has 4 aliphatic carbocycles. The molecule has 1 saturated heterocycles. The molecule has 15 nitrogen and oxygen atoms in total. The summed E-state index contributed by atoms with van der Waals surface area (Å²) in [7, 11) is 0. The average Bonchev–Trinajstić information content (AvgIpc) is 2.89. The van der Waals surface area contributed by atoms with E-state index in [0.29, 0.717) is 17.8 Å². The molecule has 1 heterocycles. The summed E-state index contributed by atoms with van der Waals surface area (Å²) in [4.78, 5) is 84.2. The minimum atomic E-state index is -1.18. The molecule has 0 aromatic rings. The zero-order chi connectivity index (χ0) is 31.1. The number of hydrogen-bond acceptors (Lipinski definition) is 10. The van der Waals surface area contributed by atoms with E-state index in [2.05, 4.69) is 5.32 Å². The van der Waals surface area contributed by atoms with E-state index in [1.165, 1.54) is 14.7 Å². The van der Waals surface area contributed by atoms with E-state index in [9.17, 15) is 44.1 Å². The average molecular weight is 767 g/mol. The van der Waals surface area contributed by atoms with Crippen LogP contribution in [0.2, 0.25) is 0 Å². The van der Waals surface area contributed by atoms with Gasteiger partial charge in [0.1, 0.15) is 0 Å². The number of hydroxylamine groups is 2. The number of carbonyl (C=O) groups excluding carboxylic acids is 3. The molecule has 0 unspecified atom stereocenters. The van der Waals surface area contributed by atoms with Crippen LogP contribution in [0, 0.1) is 63.1 Å². The Morgan fingerprint density at radius 3 is 1.68 bits per heavy atom. The summed E-state index contributed by atoms with van der Waals surface area (Å²) >= 11 is 0. The molecule has 248 valence electrons. The quantitative estimate of drug-likeness (QED) is 0.239. The minimum Gasteiger partial charge on any atom is -0.480 e. The van der Waals surface area contributed by atoms with Crippen LogP contribution in [0.5, 0.6) is 0 Å². The first kappa shape index (κ1) is 36.5. The molecule has 0 aromatic carbocycles. The van der Waals surface area contributed by atoms with Gasteiger partial charge in [-0.25, -0.2) is 4.79 Å². The van der Waals surface area contributed by atoms with Crippen molar-refractivity contribution in [3.63, 3.8) is 0 Å². The smallest absolute Gasteiger partial charge is 0.338 e. The Hall–Kier alpha value is -1.98. The van der Waals surface area contributed by atoms with Crippen molar-refractivity contribution in [2.75, 3.05) is 72.0 Å². The van der Waals surface area contributed by atoms with Crippen molar-refractivity contribution in [2.24, 2.45) is 23.2 Å². The van der Waals surface area contributed by atoms with E-state index >= 15 is 0 Å². The Bertz CT molecular complexity index is 1060. The number of rotatable bonds is 8. The maximum absolute atomic E-state index is 13.6. The summed E-state index contributed by atoms with van der Waals surface area (Å²) < 4.78 is 0. The predicted molar refractivity (Wildman–Crippen MR) is 148 cm³/mol. The summed E-state index contributed by atoms with van der Waals surface area (Å²) in [5, 5.41) is 31.9. The Morgan fingerprint density at radius 1 is 0.727 bits per heavy atom. The fourth-order valence-electron chi connectivity index (χ4n) is 7.60. The van der Waals surface area contributed by atoms with E-state index in [4.69, 9.17) is 4.84 Å². The number of nitrogens with one attached hydrogen (secondary N) is 1. The second-order valence-corrected chi connectivity index (χ2v) is 12.7. The monoisotopic (exact) mass is 767 g/mol. The summed E-state index contributed by atoms with van der Waals surface area (Å²) in [6.45, 7) is -1.58. The summed E-state index contributed by atoms with van der Waals surface area (Å²) in [5.74, 6) is -3.48. The number of aliphatic carboxylic acids is 3. The molecule has 16 heteroatoms. The number of nitrogens with zero attached hydrogens (tertiary/aromatic N) is 4. The topological polar surface area (TPSA) is 197 Å². The SMILES string of the molecule is O=C(O)CN1CCN(CC(=O)O)CC(=O)NCCCN(OC(=O)C23CC4CC(CC(C4)C2)C3)C(=O)CN(CC(=O)O)CC1.[Gd]. The molecule has 4 saturated carbocycles. The van der Waals surface area contributed by atoms with Gasteiger partial charge in [0.25, 0.3) is 5.91 Å². The van der Waals surface area contributed by atoms with Crippen molar-refractivity contribution in [3.8, 4) is 0 Å². The van der Waals surface area contributed by atoms with Crippen LogP contribution < -0.4 is 5.32 Å². The molecular formula is C28H43GdN5O10. The van der Waals surface area contributed by atoms with Gasteiger partial charge >= 0.3 is 23.9 Å². The maximum Gasteiger partial charge on any atom is 0.338 e.